The maximum Gasteiger partial charge on any atom is 0.391 e. The molecule has 0 aliphatic rings. The van der Waals surface area contributed by atoms with E-state index < -0.39 is 30.1 Å². The summed E-state index contributed by atoms with van der Waals surface area (Å²) in [4.78, 5) is 0. The number of hydrogen-bond donors (Lipinski definition) is 0. The van der Waals surface area contributed by atoms with Crippen molar-refractivity contribution in [1.29, 1.82) is 0 Å². The molecular weight excluding hydrogens is 300 g/mol. The Kier molecular flexibility index (Phi) is 7.88. The summed E-state index contributed by atoms with van der Waals surface area (Å²) in [5, 5.41) is 0. The fourth-order valence-electron chi connectivity index (χ4n) is 0.732. The molecule has 0 amide bonds. The molecule has 0 fully saturated rings. The van der Waals surface area contributed by atoms with Crippen molar-refractivity contribution in [3.8, 4) is 11.8 Å². The van der Waals surface area contributed by atoms with Gasteiger partial charge in [-0.3, -0.25) is 8.06 Å². The van der Waals surface area contributed by atoms with Gasteiger partial charge in [-0.05, 0) is 19.6 Å². The first-order valence-corrected chi connectivity index (χ1v) is 10.6. The molecule has 0 N–H and O–H groups in total. The fourth-order valence-corrected chi connectivity index (χ4v) is 3.80. The van der Waals surface area contributed by atoms with Gasteiger partial charge in [0.15, 0.2) is 0 Å². The van der Waals surface area contributed by atoms with E-state index in [1.807, 2.05) is 0 Å². The van der Waals surface area contributed by atoms with Crippen molar-refractivity contribution < 1.29 is 29.4 Å². The summed E-state index contributed by atoms with van der Waals surface area (Å²) in [7, 11) is -6.25. The van der Waals surface area contributed by atoms with Gasteiger partial charge in [0, 0.05) is 6.42 Å². The Morgan fingerprint density at radius 3 is 2.39 bits per heavy atom. The molecule has 0 aromatic rings. The van der Waals surface area contributed by atoms with E-state index in [1.54, 1.807) is 19.6 Å². The largest absolute Gasteiger partial charge is 0.750 e. The van der Waals surface area contributed by atoms with Crippen LogP contribution in [-0.2, 0) is 34.0 Å². The molecule has 0 spiro atoms. The third-order valence-electron chi connectivity index (χ3n) is 1.16. The molecule has 0 bridgehead atoms. The van der Waals surface area contributed by atoms with Gasteiger partial charge < -0.3 is 4.55 Å². The van der Waals surface area contributed by atoms with Gasteiger partial charge in [0.2, 0.25) is 8.32 Å². The van der Waals surface area contributed by atoms with Crippen LogP contribution in [0, 0.1) is 11.8 Å². The van der Waals surface area contributed by atoms with Crippen molar-refractivity contribution in [3.63, 3.8) is 0 Å². The predicted octanol–water partition coefficient (Wildman–Crippen LogP) is 0.304. The van der Waals surface area contributed by atoms with E-state index >= 15 is 0 Å². The van der Waals surface area contributed by atoms with Gasteiger partial charge in [-0.2, -0.15) is 8.42 Å². The molecule has 0 rings (SSSR count). The summed E-state index contributed by atoms with van der Waals surface area (Å²) in [6, 6.07) is 0. The molecule has 18 heavy (non-hydrogen) atoms. The van der Waals surface area contributed by atoms with Gasteiger partial charge >= 0.3 is 10.4 Å². The highest BCUT2D eigenvalue weighted by atomic mass is 32.3. The Hall–Kier alpha value is -0.283. The SMILES string of the molecule is C[Si](C)(C)OS(=O)(=O)OCC#CCCOS(=O)[O-]. The molecule has 106 valence electrons. The lowest BCUT2D eigenvalue weighted by Crippen LogP contribution is -2.30. The van der Waals surface area contributed by atoms with E-state index in [-0.39, 0.29) is 19.6 Å². The van der Waals surface area contributed by atoms with E-state index in [0.29, 0.717) is 0 Å². The maximum atomic E-state index is 11.2. The fraction of sp³-hybridized carbons (Fsp3) is 0.750. The van der Waals surface area contributed by atoms with Gasteiger partial charge in [0.1, 0.15) is 6.61 Å². The Bertz CT molecular complexity index is 429. The summed E-state index contributed by atoms with van der Waals surface area (Å²) in [6.07, 6.45) is 0.159. The average Bonchev–Trinajstić information content (AvgIpc) is 2.11. The number of hydrogen-bond acceptors (Lipinski definition) is 7. The first-order chi connectivity index (χ1) is 8.12. The van der Waals surface area contributed by atoms with Crippen LogP contribution in [0.1, 0.15) is 6.42 Å². The van der Waals surface area contributed by atoms with Gasteiger partial charge in [0.05, 0.1) is 18.0 Å². The second-order valence-electron chi connectivity index (χ2n) is 4.00. The Balaban J connectivity index is 3.91. The molecule has 1 atom stereocenters. The van der Waals surface area contributed by atoms with Gasteiger partial charge in [-0.1, -0.05) is 11.8 Å². The standard InChI is InChI=1S/C8H16O7S2Si/c1-18(2,3)15-17(11,12)14-8-6-4-5-7-13-16(9)10/h5,7-8H2,1-3H3,(H,9,10)/p-1. The Morgan fingerprint density at radius 2 is 1.89 bits per heavy atom. The van der Waals surface area contributed by atoms with Gasteiger partial charge in [-0.15, -0.1) is 0 Å². The summed E-state index contributed by atoms with van der Waals surface area (Å²) in [5.41, 5.74) is 0. The minimum absolute atomic E-state index is 0.0821. The van der Waals surface area contributed by atoms with Crippen LogP contribution in [0.4, 0.5) is 0 Å². The highest BCUT2D eigenvalue weighted by Gasteiger charge is 2.24. The van der Waals surface area contributed by atoms with Crippen LogP contribution in [0.5, 0.6) is 0 Å². The molecule has 0 aliphatic heterocycles. The topological polar surface area (TPSA) is 102 Å². The molecule has 0 saturated carbocycles. The van der Waals surface area contributed by atoms with E-state index in [1.165, 1.54) is 0 Å². The average molecular weight is 315 g/mol. The highest BCUT2D eigenvalue weighted by molar-refractivity contribution is 7.83. The van der Waals surface area contributed by atoms with Gasteiger partial charge in [-0.25, -0.2) is 8.39 Å². The molecule has 0 aromatic heterocycles. The van der Waals surface area contributed by atoms with Crippen LogP contribution < -0.4 is 0 Å². The van der Waals surface area contributed by atoms with E-state index in [0.717, 1.165) is 0 Å². The van der Waals surface area contributed by atoms with Crippen LogP contribution in [-0.4, -0.2) is 38.7 Å². The maximum absolute atomic E-state index is 11.2. The number of rotatable bonds is 7. The summed E-state index contributed by atoms with van der Waals surface area (Å²) < 4.78 is 55.9. The van der Waals surface area contributed by atoms with E-state index in [9.17, 15) is 17.2 Å². The highest BCUT2D eigenvalue weighted by Crippen LogP contribution is 2.09. The van der Waals surface area contributed by atoms with Crippen LogP contribution in [0.15, 0.2) is 0 Å². The van der Waals surface area contributed by atoms with Crippen LogP contribution in [0.2, 0.25) is 19.6 Å². The van der Waals surface area contributed by atoms with E-state index in [2.05, 4.69) is 20.2 Å². The molecule has 1 unspecified atom stereocenters. The van der Waals surface area contributed by atoms with E-state index in [4.69, 9.17) is 3.87 Å². The van der Waals surface area contributed by atoms with Crippen LogP contribution in [0.25, 0.3) is 0 Å². The minimum atomic E-state index is -4.02. The van der Waals surface area contributed by atoms with Crippen molar-refractivity contribution in [3.05, 3.63) is 0 Å². The lowest BCUT2D eigenvalue weighted by atomic mass is 10.4. The van der Waals surface area contributed by atoms with Gasteiger partial charge in [0.25, 0.3) is 0 Å². The van der Waals surface area contributed by atoms with Crippen molar-refractivity contribution in [1.82, 2.24) is 0 Å². The molecule has 0 saturated heterocycles. The second-order valence-corrected chi connectivity index (χ2v) is 10.6. The zero-order chi connectivity index (χ0) is 14.2. The van der Waals surface area contributed by atoms with Crippen LogP contribution in [0.3, 0.4) is 0 Å². The molecule has 0 aliphatic carbocycles. The first kappa shape index (κ1) is 17.7. The van der Waals surface area contributed by atoms with Crippen molar-refractivity contribution in [2.24, 2.45) is 0 Å². The summed E-state index contributed by atoms with van der Waals surface area (Å²) in [5.74, 6) is 4.90. The molecule has 7 nitrogen and oxygen atoms in total. The molecule has 0 heterocycles. The van der Waals surface area contributed by atoms with Crippen LogP contribution >= 0.6 is 0 Å². The molecule has 10 heteroatoms. The zero-order valence-corrected chi connectivity index (χ0v) is 12.9. The summed E-state index contributed by atoms with van der Waals surface area (Å²) in [6.45, 7) is 4.70. The summed E-state index contributed by atoms with van der Waals surface area (Å²) >= 11 is -2.56. The van der Waals surface area contributed by atoms with Crippen molar-refractivity contribution >= 4 is 30.1 Å². The predicted molar refractivity (Wildman–Crippen MR) is 66.6 cm³/mol. The quantitative estimate of drug-likeness (QED) is 0.288. The monoisotopic (exact) mass is 315 g/mol. The van der Waals surface area contributed by atoms with Crippen molar-refractivity contribution in [2.45, 2.75) is 26.1 Å². The molecular formula is C8H15O7S2Si-. The zero-order valence-electron chi connectivity index (χ0n) is 10.3. The Morgan fingerprint density at radius 1 is 1.28 bits per heavy atom. The van der Waals surface area contributed by atoms with Crippen molar-refractivity contribution in [2.75, 3.05) is 13.2 Å². The normalized spacial score (nSPS) is 13.8. The smallest absolute Gasteiger partial charge is 0.391 e. The first-order valence-electron chi connectivity index (χ1n) is 4.91. The lowest BCUT2D eigenvalue weighted by molar-refractivity contribution is 0.304. The third kappa shape index (κ3) is 12.2. The molecule has 0 aromatic carbocycles. The lowest BCUT2D eigenvalue weighted by Gasteiger charge is -2.15. The molecule has 0 radical (unpaired) electrons. The second kappa shape index (κ2) is 8.00. The third-order valence-corrected chi connectivity index (χ3v) is 4.74. The minimum Gasteiger partial charge on any atom is -0.750 e. The Labute approximate surface area is 111 Å².